The molecule has 2 bridgehead atoms. The van der Waals surface area contributed by atoms with Gasteiger partial charge in [0.25, 0.3) is 0 Å². The Balaban J connectivity index is 1.64. The molecule has 0 aliphatic carbocycles. The third kappa shape index (κ3) is 4.10. The highest BCUT2D eigenvalue weighted by atomic mass is 32.1. The summed E-state index contributed by atoms with van der Waals surface area (Å²) in [7, 11) is 0. The molecule has 10 heteroatoms. The topological polar surface area (TPSA) is 84.0 Å². The van der Waals surface area contributed by atoms with E-state index in [1.807, 2.05) is 31.2 Å². The van der Waals surface area contributed by atoms with Crippen LogP contribution in [0.1, 0.15) is 61.8 Å². The maximum atomic E-state index is 13.3. The molecule has 2 atom stereocenters. The second kappa shape index (κ2) is 8.86. The highest BCUT2D eigenvalue weighted by Crippen LogP contribution is 2.47. The van der Waals surface area contributed by atoms with E-state index in [4.69, 9.17) is 21.9 Å². The Morgan fingerprint density at radius 3 is 2.83 bits per heavy atom. The van der Waals surface area contributed by atoms with E-state index in [2.05, 4.69) is 26.6 Å². The number of ether oxygens (including phenoxy) is 1. The molecule has 0 saturated heterocycles. The molecule has 0 unspecified atom stereocenters. The lowest BCUT2D eigenvalue weighted by molar-refractivity contribution is -0.0506. The van der Waals surface area contributed by atoms with Crippen molar-refractivity contribution < 1.29 is 18.6 Å². The number of nitrogens with zero attached hydrogens (tertiary/aromatic N) is 4. The molecule has 186 valence electrons. The van der Waals surface area contributed by atoms with E-state index in [9.17, 15) is 13.9 Å². The zero-order valence-corrected chi connectivity index (χ0v) is 20.8. The minimum Gasteiger partial charge on any atom is -0.434 e. The van der Waals surface area contributed by atoms with E-state index < -0.39 is 12.2 Å². The number of imidazole rings is 1. The first-order valence-corrected chi connectivity index (χ1v) is 11.8. The number of aliphatic hydroxyl groups is 1. The third-order valence-electron chi connectivity index (χ3n) is 6.50. The van der Waals surface area contributed by atoms with Crippen LogP contribution in [0, 0.1) is 0 Å². The van der Waals surface area contributed by atoms with Crippen LogP contribution in [0.2, 0.25) is 0 Å². The van der Waals surface area contributed by atoms with E-state index in [1.165, 1.54) is 0 Å². The van der Waals surface area contributed by atoms with Crippen LogP contribution >= 0.6 is 12.2 Å². The lowest BCUT2D eigenvalue weighted by Gasteiger charge is -2.22. The third-order valence-corrected chi connectivity index (χ3v) is 6.84. The number of nitrogens with one attached hydrogen (secondary N) is 1. The second-order valence-corrected chi connectivity index (χ2v) is 9.81. The molecule has 3 aromatic rings. The minimum absolute atomic E-state index is 0.115. The molecule has 7 nitrogen and oxygen atoms in total. The summed E-state index contributed by atoms with van der Waals surface area (Å²) in [5.41, 5.74) is 3.48. The maximum Gasteiger partial charge on any atom is 0.387 e. The van der Waals surface area contributed by atoms with Gasteiger partial charge in [-0.05, 0) is 63.2 Å². The van der Waals surface area contributed by atoms with Crippen molar-refractivity contribution in [2.75, 3.05) is 0 Å². The molecule has 1 aromatic heterocycles. The van der Waals surface area contributed by atoms with Crippen molar-refractivity contribution in [2.45, 2.75) is 51.5 Å². The lowest BCUT2D eigenvalue weighted by atomic mass is 9.97. The van der Waals surface area contributed by atoms with Gasteiger partial charge in [0.2, 0.25) is 0 Å². The van der Waals surface area contributed by atoms with Crippen molar-refractivity contribution in [1.29, 1.82) is 0 Å². The Hall–Kier alpha value is -3.50. The summed E-state index contributed by atoms with van der Waals surface area (Å²) in [4.78, 5) is 13.5. The van der Waals surface area contributed by atoms with Crippen molar-refractivity contribution in [1.82, 2.24) is 14.9 Å². The monoisotopic (exact) mass is 509 g/mol. The van der Waals surface area contributed by atoms with Gasteiger partial charge in [0.1, 0.15) is 22.2 Å². The fourth-order valence-electron chi connectivity index (χ4n) is 4.88. The molecule has 0 spiro atoms. The minimum atomic E-state index is -2.95. The first-order valence-electron chi connectivity index (χ1n) is 11.4. The van der Waals surface area contributed by atoms with Crippen LogP contribution in [0.3, 0.4) is 0 Å². The van der Waals surface area contributed by atoms with Gasteiger partial charge < -0.3 is 19.7 Å². The summed E-state index contributed by atoms with van der Waals surface area (Å²) in [5.74, 6) is 1.12. The summed E-state index contributed by atoms with van der Waals surface area (Å²) in [6, 6.07) is 10.5. The van der Waals surface area contributed by atoms with Crippen LogP contribution in [-0.2, 0) is 0 Å². The van der Waals surface area contributed by atoms with E-state index in [1.54, 1.807) is 32.2 Å². The van der Waals surface area contributed by atoms with E-state index in [0.717, 1.165) is 28.0 Å². The Bertz CT molecular complexity index is 1450. The maximum absolute atomic E-state index is 13.3. The SMILES string of the molecule is C=NC(=N/C=C(\C)c1ccc2nc3n(c2c1)[C@H]1C[C@H]3NC(=S)c2cccc(OC(F)F)c21)C(C)(C)O. The zero-order valence-electron chi connectivity index (χ0n) is 20.0. The molecule has 2 aromatic carbocycles. The number of aromatic nitrogens is 2. The van der Waals surface area contributed by atoms with Crippen molar-refractivity contribution in [3.8, 4) is 5.75 Å². The molecule has 0 radical (unpaired) electrons. The molecular weight excluding hydrogens is 484 g/mol. The van der Waals surface area contributed by atoms with Gasteiger partial charge in [-0.15, -0.1) is 0 Å². The Morgan fingerprint density at radius 1 is 1.36 bits per heavy atom. The smallest absolute Gasteiger partial charge is 0.387 e. The number of fused-ring (bicyclic) bond motifs is 9. The fraction of sp³-hybridized carbons (Fsp3) is 0.308. The number of hydrogen-bond acceptors (Lipinski definition) is 5. The molecule has 0 amide bonds. The second-order valence-electron chi connectivity index (χ2n) is 9.40. The Labute approximate surface area is 212 Å². The van der Waals surface area contributed by atoms with Crippen molar-refractivity contribution in [3.63, 3.8) is 0 Å². The van der Waals surface area contributed by atoms with E-state index in [0.29, 0.717) is 22.5 Å². The van der Waals surface area contributed by atoms with Gasteiger partial charge >= 0.3 is 6.61 Å². The van der Waals surface area contributed by atoms with Gasteiger partial charge in [-0.3, -0.25) is 0 Å². The largest absolute Gasteiger partial charge is 0.434 e. The fourth-order valence-corrected chi connectivity index (χ4v) is 5.20. The van der Waals surface area contributed by atoms with Crippen LogP contribution in [0.25, 0.3) is 16.6 Å². The van der Waals surface area contributed by atoms with Gasteiger partial charge in [0, 0.05) is 17.3 Å². The molecule has 3 heterocycles. The quantitative estimate of drug-likeness (QED) is 0.281. The summed E-state index contributed by atoms with van der Waals surface area (Å²) >= 11 is 5.59. The highest BCUT2D eigenvalue weighted by molar-refractivity contribution is 7.80. The first kappa shape index (κ1) is 24.2. The lowest BCUT2D eigenvalue weighted by Crippen LogP contribution is -2.29. The Kier molecular flexibility index (Phi) is 5.96. The molecule has 36 heavy (non-hydrogen) atoms. The number of amidine groups is 1. The number of aliphatic imine (C=N–C) groups is 2. The van der Waals surface area contributed by atoms with Gasteiger partial charge in [-0.1, -0.05) is 30.4 Å². The number of rotatable bonds is 5. The van der Waals surface area contributed by atoms with Crippen LogP contribution < -0.4 is 10.1 Å². The number of benzene rings is 2. The number of halogens is 2. The Morgan fingerprint density at radius 2 is 2.14 bits per heavy atom. The highest BCUT2D eigenvalue weighted by Gasteiger charge is 2.41. The molecule has 0 fully saturated rings. The average Bonchev–Trinajstić information content (AvgIpc) is 3.30. The first-order chi connectivity index (χ1) is 17.1. The van der Waals surface area contributed by atoms with E-state index >= 15 is 0 Å². The van der Waals surface area contributed by atoms with Crippen molar-refractivity contribution >= 4 is 46.4 Å². The molecule has 5 rings (SSSR count). The normalized spacial score (nSPS) is 19.7. The van der Waals surface area contributed by atoms with Crippen LogP contribution in [0.15, 0.2) is 52.6 Å². The zero-order chi connectivity index (χ0) is 25.8. The van der Waals surface area contributed by atoms with Gasteiger partial charge in [-0.25, -0.2) is 15.0 Å². The average molecular weight is 510 g/mol. The standard InChI is InChI=1S/C26H25F2N5O2S/c1-13(12-30-24(29-4)26(2,3)34)14-8-9-16-18(10-14)33-19-11-17(22(33)31-16)32-23(36)15-6-5-7-20(21(15)19)35-25(27)28/h5-10,12,17,19,25,34H,4,11H2,1-3H3,(H,32,36)/b13-12+,30-24?/t17-,19+/m1/s1. The van der Waals surface area contributed by atoms with Crippen LogP contribution in [0.4, 0.5) is 8.78 Å². The number of thiocarbonyl (C=S) groups is 1. The van der Waals surface area contributed by atoms with Gasteiger partial charge in [0.15, 0.2) is 5.84 Å². The van der Waals surface area contributed by atoms with Gasteiger partial charge in [0.05, 0.1) is 23.1 Å². The van der Waals surface area contributed by atoms with Crippen molar-refractivity contribution in [2.24, 2.45) is 9.98 Å². The predicted octanol–water partition coefficient (Wildman–Crippen LogP) is 5.18. The molecule has 0 saturated carbocycles. The van der Waals surface area contributed by atoms with Crippen LogP contribution in [-0.4, -0.2) is 44.4 Å². The summed E-state index contributed by atoms with van der Waals surface area (Å²) in [6.45, 7) is 5.63. The number of hydrogen-bond donors (Lipinski definition) is 2. The summed E-state index contributed by atoms with van der Waals surface area (Å²) in [5, 5.41) is 13.5. The number of alkyl halides is 2. The molecular formula is C26H25F2N5O2S. The van der Waals surface area contributed by atoms with Crippen molar-refractivity contribution in [3.05, 3.63) is 65.1 Å². The summed E-state index contributed by atoms with van der Waals surface area (Å²) in [6.07, 6.45) is 2.25. The van der Waals surface area contributed by atoms with Gasteiger partial charge in [-0.2, -0.15) is 8.78 Å². The summed E-state index contributed by atoms with van der Waals surface area (Å²) < 4.78 is 33.5. The predicted molar refractivity (Wildman–Crippen MR) is 140 cm³/mol. The molecule has 2 aliphatic heterocycles. The van der Waals surface area contributed by atoms with Crippen LogP contribution in [0.5, 0.6) is 5.75 Å². The van der Waals surface area contributed by atoms with E-state index in [-0.39, 0.29) is 23.7 Å². The molecule has 2 N–H and O–H groups in total. The molecule has 2 aliphatic rings. The number of allylic oxidation sites excluding steroid dienone is 1.